The molecular weight excluding hydrogens is 402 g/mol. The van der Waals surface area contributed by atoms with Gasteiger partial charge < -0.3 is 5.11 Å². The summed E-state index contributed by atoms with van der Waals surface area (Å²) in [5.41, 5.74) is 2.40. The van der Waals surface area contributed by atoms with Gasteiger partial charge in [-0.1, -0.05) is 55.7 Å². The highest BCUT2D eigenvalue weighted by atomic mass is 16.3. The summed E-state index contributed by atoms with van der Waals surface area (Å²) < 4.78 is 0. The molecule has 0 atom stereocenters. The molecule has 1 N–H and O–H groups in total. The van der Waals surface area contributed by atoms with Crippen LogP contribution in [0.2, 0.25) is 0 Å². The molecule has 0 amide bonds. The second kappa shape index (κ2) is 12.5. The van der Waals surface area contributed by atoms with E-state index in [2.05, 4.69) is 9.97 Å². The van der Waals surface area contributed by atoms with Crippen LogP contribution in [-0.2, 0) is 4.79 Å². The minimum atomic E-state index is -0.371. The number of benzene rings is 2. The molecular formula is C26H29N3O3. The summed E-state index contributed by atoms with van der Waals surface area (Å²) in [6.45, 7) is -0.371. The summed E-state index contributed by atoms with van der Waals surface area (Å²) in [6.07, 6.45) is 8.54. The minimum absolute atomic E-state index is 0.0398. The van der Waals surface area contributed by atoms with Gasteiger partial charge in [-0.25, -0.2) is 9.97 Å². The lowest BCUT2D eigenvalue weighted by atomic mass is 10.0. The Kier molecular flexibility index (Phi) is 9.07. The molecule has 0 aliphatic rings. The van der Waals surface area contributed by atoms with Crippen LogP contribution in [0, 0.1) is 0 Å². The fraction of sp³-hybridized carbons (Fsp3) is 0.308. The molecule has 2 aromatic carbocycles. The third-order valence-corrected chi connectivity index (χ3v) is 5.22. The van der Waals surface area contributed by atoms with E-state index in [9.17, 15) is 9.59 Å². The Morgan fingerprint density at radius 2 is 1.22 bits per heavy atom. The van der Waals surface area contributed by atoms with Crippen LogP contribution in [-0.4, -0.2) is 33.2 Å². The van der Waals surface area contributed by atoms with E-state index in [4.69, 9.17) is 5.11 Å². The van der Waals surface area contributed by atoms with E-state index in [1.54, 1.807) is 12.4 Å². The molecule has 3 rings (SSSR count). The normalized spacial score (nSPS) is 10.7. The predicted molar refractivity (Wildman–Crippen MR) is 125 cm³/mol. The first-order chi connectivity index (χ1) is 15.7. The number of aliphatic hydroxyl groups excluding tert-OH is 1. The van der Waals surface area contributed by atoms with E-state index >= 15 is 0 Å². The standard InChI is InChI=1S/C26H29N3O3/c30-20-24(31)16-10-2-1-3-11-17-25(32)21-18-27-26(28-19-21)29(22-12-6-4-7-13-22)23-14-8-5-9-15-23/h4-9,12-15,18-19,30H,1-3,10-11,16-17,20H2. The van der Waals surface area contributed by atoms with Crippen molar-refractivity contribution in [1.82, 2.24) is 9.97 Å². The van der Waals surface area contributed by atoms with E-state index in [0.717, 1.165) is 43.5 Å². The second-order valence-electron chi connectivity index (χ2n) is 7.67. The lowest BCUT2D eigenvalue weighted by Crippen LogP contribution is -2.14. The fourth-order valence-corrected chi connectivity index (χ4v) is 3.48. The zero-order chi connectivity index (χ0) is 22.6. The SMILES string of the molecule is O=C(CO)CCCCCCCC(=O)c1cnc(N(c2ccccc2)c2ccccc2)nc1. The molecule has 0 saturated carbocycles. The van der Waals surface area contributed by atoms with Crippen molar-refractivity contribution in [1.29, 1.82) is 0 Å². The average Bonchev–Trinajstić information content (AvgIpc) is 2.85. The molecule has 1 aromatic heterocycles. The molecule has 1 heterocycles. The predicted octanol–water partition coefficient (Wildman–Crippen LogP) is 5.42. The maximum absolute atomic E-state index is 12.5. The van der Waals surface area contributed by atoms with Gasteiger partial charge in [0, 0.05) is 36.6 Å². The number of carbonyl (C=O) groups excluding carboxylic acids is 2. The Balaban J connectivity index is 1.56. The number of carbonyl (C=O) groups is 2. The smallest absolute Gasteiger partial charge is 0.234 e. The van der Waals surface area contributed by atoms with Crippen LogP contribution < -0.4 is 4.90 Å². The Morgan fingerprint density at radius 1 is 0.719 bits per heavy atom. The Hall–Kier alpha value is -3.38. The van der Waals surface area contributed by atoms with Crippen molar-refractivity contribution in [3.8, 4) is 0 Å². The molecule has 6 heteroatoms. The summed E-state index contributed by atoms with van der Waals surface area (Å²) in [6, 6.07) is 19.8. The number of para-hydroxylation sites is 2. The van der Waals surface area contributed by atoms with Gasteiger partial charge in [0.15, 0.2) is 11.6 Å². The van der Waals surface area contributed by atoms with Crippen LogP contribution in [0.5, 0.6) is 0 Å². The van der Waals surface area contributed by atoms with Gasteiger partial charge in [-0.2, -0.15) is 0 Å². The summed E-state index contributed by atoms with van der Waals surface area (Å²) in [5, 5.41) is 8.71. The molecule has 0 unspecified atom stereocenters. The summed E-state index contributed by atoms with van der Waals surface area (Å²) in [5.74, 6) is 0.441. The molecule has 166 valence electrons. The molecule has 0 aliphatic heterocycles. The molecule has 0 spiro atoms. The highest BCUT2D eigenvalue weighted by Gasteiger charge is 2.15. The molecule has 0 aliphatic carbocycles. The maximum atomic E-state index is 12.5. The van der Waals surface area contributed by atoms with Gasteiger partial charge in [-0.15, -0.1) is 0 Å². The number of nitrogens with zero attached hydrogens (tertiary/aromatic N) is 3. The number of aromatic nitrogens is 2. The van der Waals surface area contributed by atoms with Crippen molar-refractivity contribution in [2.75, 3.05) is 11.5 Å². The van der Waals surface area contributed by atoms with Crippen molar-refractivity contribution in [2.24, 2.45) is 0 Å². The lowest BCUT2D eigenvalue weighted by molar-refractivity contribution is -0.121. The first kappa shape index (κ1) is 23.3. The number of aliphatic hydroxyl groups is 1. The van der Waals surface area contributed by atoms with Gasteiger partial charge in [0.2, 0.25) is 5.95 Å². The first-order valence-corrected chi connectivity index (χ1v) is 11.1. The van der Waals surface area contributed by atoms with Gasteiger partial charge in [0.05, 0.1) is 5.56 Å². The first-order valence-electron chi connectivity index (χ1n) is 11.1. The average molecular weight is 432 g/mol. The minimum Gasteiger partial charge on any atom is -0.389 e. The monoisotopic (exact) mass is 431 g/mol. The topological polar surface area (TPSA) is 83.4 Å². The van der Waals surface area contributed by atoms with Gasteiger partial charge in [-0.05, 0) is 37.1 Å². The van der Waals surface area contributed by atoms with Crippen molar-refractivity contribution in [3.63, 3.8) is 0 Å². The Labute approximate surface area is 189 Å². The van der Waals surface area contributed by atoms with E-state index in [1.165, 1.54) is 0 Å². The molecule has 6 nitrogen and oxygen atoms in total. The van der Waals surface area contributed by atoms with Crippen molar-refractivity contribution >= 4 is 28.9 Å². The molecule has 3 aromatic rings. The van der Waals surface area contributed by atoms with Gasteiger partial charge in [-0.3, -0.25) is 14.5 Å². The number of anilines is 3. The molecule has 0 radical (unpaired) electrons. The molecule has 0 fully saturated rings. The van der Waals surface area contributed by atoms with Crippen LogP contribution in [0.1, 0.15) is 55.3 Å². The van der Waals surface area contributed by atoms with Gasteiger partial charge in [0.25, 0.3) is 0 Å². The van der Waals surface area contributed by atoms with Gasteiger partial charge in [0.1, 0.15) is 6.61 Å². The van der Waals surface area contributed by atoms with E-state index < -0.39 is 0 Å². The van der Waals surface area contributed by atoms with E-state index in [1.807, 2.05) is 65.6 Å². The third-order valence-electron chi connectivity index (χ3n) is 5.22. The number of rotatable bonds is 13. The third kappa shape index (κ3) is 6.82. The molecule has 0 saturated heterocycles. The maximum Gasteiger partial charge on any atom is 0.234 e. The van der Waals surface area contributed by atoms with Crippen LogP contribution in [0.15, 0.2) is 73.1 Å². The van der Waals surface area contributed by atoms with E-state index in [-0.39, 0.29) is 18.2 Å². The zero-order valence-electron chi connectivity index (χ0n) is 18.2. The summed E-state index contributed by atoms with van der Waals surface area (Å²) in [4.78, 5) is 34.5. The van der Waals surface area contributed by atoms with Crippen LogP contribution >= 0.6 is 0 Å². The number of hydrogen-bond donors (Lipinski definition) is 1. The lowest BCUT2D eigenvalue weighted by Gasteiger charge is -2.22. The number of Topliss-reactive ketones (excluding diaryl/α,β-unsaturated/α-hetero) is 2. The quantitative estimate of drug-likeness (QED) is 0.287. The molecule has 32 heavy (non-hydrogen) atoms. The molecule has 0 bridgehead atoms. The number of unbranched alkanes of at least 4 members (excludes halogenated alkanes) is 4. The second-order valence-corrected chi connectivity index (χ2v) is 7.67. The zero-order valence-corrected chi connectivity index (χ0v) is 18.2. The summed E-state index contributed by atoms with van der Waals surface area (Å²) in [7, 11) is 0. The van der Waals surface area contributed by atoms with Crippen LogP contribution in [0.25, 0.3) is 0 Å². The highest BCUT2D eigenvalue weighted by molar-refractivity contribution is 5.95. The van der Waals surface area contributed by atoms with Crippen LogP contribution in [0.4, 0.5) is 17.3 Å². The van der Waals surface area contributed by atoms with Crippen molar-refractivity contribution in [2.45, 2.75) is 44.9 Å². The Bertz CT molecular complexity index is 937. The largest absolute Gasteiger partial charge is 0.389 e. The van der Waals surface area contributed by atoms with E-state index in [0.29, 0.717) is 24.4 Å². The highest BCUT2D eigenvalue weighted by Crippen LogP contribution is 2.31. The number of ketones is 2. The fourth-order valence-electron chi connectivity index (χ4n) is 3.48. The number of hydrogen-bond acceptors (Lipinski definition) is 6. The van der Waals surface area contributed by atoms with Gasteiger partial charge >= 0.3 is 0 Å². The Morgan fingerprint density at radius 3 is 1.75 bits per heavy atom. The van der Waals surface area contributed by atoms with Crippen molar-refractivity contribution < 1.29 is 14.7 Å². The summed E-state index contributed by atoms with van der Waals surface area (Å²) >= 11 is 0. The van der Waals surface area contributed by atoms with Crippen LogP contribution in [0.3, 0.4) is 0 Å². The van der Waals surface area contributed by atoms with Crippen molar-refractivity contribution in [3.05, 3.63) is 78.6 Å².